The van der Waals surface area contributed by atoms with Gasteiger partial charge in [0.05, 0.1) is 6.04 Å². The lowest BCUT2D eigenvalue weighted by atomic mass is 9.75. The van der Waals surface area contributed by atoms with Crippen LogP contribution < -0.4 is 10.6 Å². The highest BCUT2D eigenvalue weighted by Crippen LogP contribution is 2.52. The van der Waals surface area contributed by atoms with Crippen molar-refractivity contribution >= 4 is 17.5 Å². The zero-order chi connectivity index (χ0) is 17.8. The molecule has 2 saturated carbocycles. The van der Waals surface area contributed by atoms with E-state index in [-0.39, 0.29) is 29.1 Å². The van der Waals surface area contributed by atoms with Crippen LogP contribution in [0, 0.1) is 35.9 Å². The van der Waals surface area contributed by atoms with E-state index in [2.05, 4.69) is 17.6 Å². The van der Waals surface area contributed by atoms with Gasteiger partial charge in [0.25, 0.3) is 0 Å². The highest BCUT2D eigenvalue weighted by molar-refractivity contribution is 6.31. The zero-order valence-corrected chi connectivity index (χ0v) is 15.6. The molecular formula is C20H26ClFN2O. The standard InChI is InChI=1S/C20H26ClFN2O/c1-11-14(21)5-6-15(22)16(11)18(20(2)7-3-4-8-20)24-19(25)17-12-9-23-10-13(12)17/h5-6,12-13,17-18,23H,3-4,7-10H2,1-2H3,(H,24,25)/t12?,13?,17?,18-/m1/s1. The van der Waals surface area contributed by atoms with E-state index in [4.69, 9.17) is 11.6 Å². The van der Waals surface area contributed by atoms with Gasteiger partial charge in [0, 0.05) is 16.5 Å². The quantitative estimate of drug-likeness (QED) is 0.848. The van der Waals surface area contributed by atoms with Gasteiger partial charge < -0.3 is 10.6 Å². The number of carbonyl (C=O) groups excluding carboxylic acids is 1. The lowest BCUT2D eigenvalue weighted by molar-refractivity contribution is -0.124. The third kappa shape index (κ3) is 2.87. The van der Waals surface area contributed by atoms with Gasteiger partial charge in [-0.2, -0.15) is 0 Å². The maximum atomic E-state index is 14.8. The van der Waals surface area contributed by atoms with Crippen molar-refractivity contribution in [2.75, 3.05) is 13.1 Å². The van der Waals surface area contributed by atoms with Crippen LogP contribution >= 0.6 is 11.6 Å². The van der Waals surface area contributed by atoms with Crippen LogP contribution in [0.5, 0.6) is 0 Å². The predicted octanol–water partition coefficient (Wildman–Crippen LogP) is 3.99. The Labute approximate surface area is 153 Å². The summed E-state index contributed by atoms with van der Waals surface area (Å²) in [5.74, 6) is 0.840. The predicted molar refractivity (Wildman–Crippen MR) is 96.9 cm³/mol. The van der Waals surface area contributed by atoms with E-state index >= 15 is 0 Å². The first kappa shape index (κ1) is 17.3. The van der Waals surface area contributed by atoms with Gasteiger partial charge in [-0.25, -0.2) is 4.39 Å². The number of benzene rings is 1. The van der Waals surface area contributed by atoms with E-state index in [1.165, 1.54) is 6.07 Å². The molecule has 5 heteroatoms. The molecule has 0 aromatic heterocycles. The average molecular weight is 365 g/mol. The normalized spacial score (nSPS) is 30.8. The van der Waals surface area contributed by atoms with Gasteiger partial charge in [-0.05, 0) is 67.8 Å². The molecule has 2 N–H and O–H groups in total. The van der Waals surface area contributed by atoms with Crippen molar-refractivity contribution in [1.29, 1.82) is 0 Å². The van der Waals surface area contributed by atoms with E-state index in [1.807, 2.05) is 6.92 Å². The fourth-order valence-electron chi connectivity index (χ4n) is 5.14. The van der Waals surface area contributed by atoms with Crippen molar-refractivity contribution in [3.8, 4) is 0 Å². The van der Waals surface area contributed by atoms with Crippen LogP contribution in [0.3, 0.4) is 0 Å². The van der Waals surface area contributed by atoms with Crippen molar-refractivity contribution in [3.63, 3.8) is 0 Å². The summed E-state index contributed by atoms with van der Waals surface area (Å²) >= 11 is 6.28. The van der Waals surface area contributed by atoms with Crippen molar-refractivity contribution in [3.05, 3.63) is 34.1 Å². The maximum absolute atomic E-state index is 14.8. The Bertz CT molecular complexity index is 691. The number of hydrogen-bond donors (Lipinski definition) is 2. The Kier molecular flexibility index (Phi) is 4.32. The van der Waals surface area contributed by atoms with E-state index < -0.39 is 0 Å². The Morgan fingerprint density at radius 1 is 1.32 bits per heavy atom. The minimum absolute atomic E-state index is 0.0911. The zero-order valence-electron chi connectivity index (χ0n) is 14.9. The number of piperidine rings is 1. The molecule has 4 rings (SSSR count). The van der Waals surface area contributed by atoms with Crippen LogP contribution in [0.4, 0.5) is 4.39 Å². The third-order valence-electron chi connectivity index (χ3n) is 6.81. The monoisotopic (exact) mass is 364 g/mol. The van der Waals surface area contributed by atoms with Gasteiger partial charge in [0.15, 0.2) is 0 Å². The van der Waals surface area contributed by atoms with Crippen molar-refractivity contribution in [1.82, 2.24) is 10.6 Å². The highest BCUT2D eigenvalue weighted by atomic mass is 35.5. The fourth-order valence-corrected chi connectivity index (χ4v) is 5.30. The van der Waals surface area contributed by atoms with Crippen LogP contribution in [0.15, 0.2) is 12.1 Å². The molecule has 1 amide bonds. The number of halogens is 2. The lowest BCUT2D eigenvalue weighted by Gasteiger charge is -2.36. The molecule has 1 aromatic carbocycles. The molecule has 1 aliphatic heterocycles. The number of hydrogen-bond acceptors (Lipinski definition) is 2. The molecule has 3 nitrogen and oxygen atoms in total. The molecule has 1 aromatic rings. The molecule has 3 atom stereocenters. The van der Waals surface area contributed by atoms with E-state index in [1.54, 1.807) is 6.07 Å². The number of nitrogens with one attached hydrogen (secondary N) is 2. The molecule has 2 unspecified atom stereocenters. The van der Waals surface area contributed by atoms with Gasteiger partial charge >= 0.3 is 0 Å². The van der Waals surface area contributed by atoms with Crippen LogP contribution in [0.1, 0.15) is 49.8 Å². The molecule has 2 aliphatic carbocycles. The Morgan fingerprint density at radius 2 is 1.96 bits per heavy atom. The third-order valence-corrected chi connectivity index (χ3v) is 7.22. The summed E-state index contributed by atoms with van der Waals surface area (Å²) in [5, 5.41) is 7.13. The van der Waals surface area contributed by atoms with Gasteiger partial charge in [0.1, 0.15) is 5.82 Å². The van der Waals surface area contributed by atoms with Crippen molar-refractivity contribution < 1.29 is 9.18 Å². The molecule has 0 spiro atoms. The lowest BCUT2D eigenvalue weighted by Crippen LogP contribution is -2.41. The number of rotatable bonds is 4. The van der Waals surface area contributed by atoms with Gasteiger partial charge in [-0.3, -0.25) is 4.79 Å². The first-order chi connectivity index (χ1) is 11.9. The van der Waals surface area contributed by atoms with Gasteiger partial charge in [0.2, 0.25) is 5.91 Å². The maximum Gasteiger partial charge on any atom is 0.224 e. The van der Waals surface area contributed by atoms with Crippen LogP contribution in [0.2, 0.25) is 5.02 Å². The number of amides is 1. The summed E-state index contributed by atoms with van der Waals surface area (Å²) in [4.78, 5) is 12.9. The number of fused-ring (bicyclic) bond motifs is 1. The molecule has 25 heavy (non-hydrogen) atoms. The summed E-state index contributed by atoms with van der Waals surface area (Å²) in [6, 6.07) is 2.72. The largest absolute Gasteiger partial charge is 0.348 e. The molecule has 136 valence electrons. The molecule has 0 bridgehead atoms. The Morgan fingerprint density at radius 3 is 2.60 bits per heavy atom. The molecule has 1 saturated heterocycles. The second-order valence-corrected chi connectivity index (χ2v) is 8.79. The molecule has 3 aliphatic rings. The van der Waals surface area contributed by atoms with E-state index in [9.17, 15) is 9.18 Å². The van der Waals surface area contributed by atoms with Crippen LogP contribution in [-0.2, 0) is 4.79 Å². The Balaban J connectivity index is 1.66. The fraction of sp³-hybridized carbons (Fsp3) is 0.650. The van der Waals surface area contributed by atoms with Crippen LogP contribution in [-0.4, -0.2) is 19.0 Å². The molecule has 0 radical (unpaired) electrons. The van der Waals surface area contributed by atoms with E-state index in [0.717, 1.165) is 44.3 Å². The smallest absolute Gasteiger partial charge is 0.224 e. The van der Waals surface area contributed by atoms with Crippen molar-refractivity contribution in [2.45, 2.75) is 45.6 Å². The summed E-state index contributed by atoms with van der Waals surface area (Å²) < 4.78 is 14.8. The molecule has 1 heterocycles. The first-order valence-electron chi connectivity index (χ1n) is 9.38. The molecule has 3 fully saturated rings. The van der Waals surface area contributed by atoms with Gasteiger partial charge in [-0.15, -0.1) is 0 Å². The summed E-state index contributed by atoms with van der Waals surface area (Å²) in [7, 11) is 0. The van der Waals surface area contributed by atoms with E-state index in [0.29, 0.717) is 22.4 Å². The Hall–Kier alpha value is -1.13. The first-order valence-corrected chi connectivity index (χ1v) is 9.76. The minimum Gasteiger partial charge on any atom is -0.348 e. The summed E-state index contributed by atoms with van der Waals surface area (Å²) in [6.07, 6.45) is 4.26. The topological polar surface area (TPSA) is 41.1 Å². The summed E-state index contributed by atoms with van der Waals surface area (Å²) in [6.45, 7) is 5.89. The van der Waals surface area contributed by atoms with Gasteiger partial charge in [-0.1, -0.05) is 31.4 Å². The molecular weight excluding hydrogens is 339 g/mol. The van der Waals surface area contributed by atoms with Crippen LogP contribution in [0.25, 0.3) is 0 Å². The average Bonchev–Trinajstić information content (AvgIpc) is 2.92. The second kappa shape index (κ2) is 6.24. The highest BCUT2D eigenvalue weighted by Gasteiger charge is 2.57. The number of carbonyl (C=O) groups is 1. The SMILES string of the molecule is Cc1c(Cl)ccc(F)c1[C@@H](NC(=O)C1C2CNCC21)C1(C)CCCC1. The second-order valence-electron chi connectivity index (χ2n) is 8.38. The van der Waals surface area contributed by atoms with Crippen molar-refractivity contribution in [2.24, 2.45) is 23.2 Å². The summed E-state index contributed by atoms with van der Waals surface area (Å²) in [5.41, 5.74) is 1.21. The minimum atomic E-state index is -0.310.